The lowest BCUT2D eigenvalue weighted by Gasteiger charge is -2.41. The van der Waals surface area contributed by atoms with Crippen molar-refractivity contribution in [2.45, 2.75) is 38.3 Å². The van der Waals surface area contributed by atoms with Crippen LogP contribution in [-0.4, -0.2) is 24.5 Å². The molecule has 2 unspecified atom stereocenters. The van der Waals surface area contributed by atoms with Gasteiger partial charge in [-0.25, -0.2) is 0 Å². The number of benzene rings is 1. The fourth-order valence-corrected chi connectivity index (χ4v) is 3.13. The first kappa shape index (κ1) is 13.9. The van der Waals surface area contributed by atoms with Crippen molar-refractivity contribution in [2.75, 3.05) is 13.6 Å². The van der Waals surface area contributed by atoms with Gasteiger partial charge in [-0.05, 0) is 44.4 Å². The van der Waals surface area contributed by atoms with Crippen LogP contribution in [-0.2, 0) is 0 Å². The van der Waals surface area contributed by atoms with Crippen molar-refractivity contribution in [2.24, 2.45) is 11.7 Å². The first-order valence-electron chi connectivity index (χ1n) is 6.81. The van der Waals surface area contributed by atoms with Crippen LogP contribution in [0.1, 0.15) is 37.8 Å². The van der Waals surface area contributed by atoms with Crippen LogP contribution in [0.2, 0.25) is 5.02 Å². The van der Waals surface area contributed by atoms with Crippen molar-refractivity contribution in [1.29, 1.82) is 0 Å². The molecule has 1 aliphatic rings. The summed E-state index contributed by atoms with van der Waals surface area (Å²) in [6, 6.07) is 8.88. The van der Waals surface area contributed by atoms with E-state index in [9.17, 15) is 0 Å². The number of hydrogen-bond donors (Lipinski definition) is 1. The van der Waals surface area contributed by atoms with E-state index in [0.29, 0.717) is 12.1 Å². The molecule has 3 heteroatoms. The molecular weight excluding hydrogens is 244 g/mol. The van der Waals surface area contributed by atoms with Crippen molar-refractivity contribution in [3.63, 3.8) is 0 Å². The minimum Gasteiger partial charge on any atom is -0.329 e. The number of halogens is 1. The highest BCUT2D eigenvalue weighted by atomic mass is 35.5. The van der Waals surface area contributed by atoms with Crippen LogP contribution in [0.15, 0.2) is 24.3 Å². The lowest BCUT2D eigenvalue weighted by atomic mass is 9.78. The van der Waals surface area contributed by atoms with Crippen molar-refractivity contribution < 1.29 is 0 Å². The maximum absolute atomic E-state index is 6.28. The second kappa shape index (κ2) is 6.05. The first-order valence-corrected chi connectivity index (χ1v) is 7.19. The van der Waals surface area contributed by atoms with Gasteiger partial charge < -0.3 is 5.73 Å². The van der Waals surface area contributed by atoms with E-state index in [2.05, 4.69) is 24.9 Å². The Morgan fingerprint density at radius 3 is 2.56 bits per heavy atom. The first-order chi connectivity index (χ1) is 8.65. The van der Waals surface area contributed by atoms with E-state index < -0.39 is 0 Å². The average Bonchev–Trinajstić information content (AvgIpc) is 2.32. The van der Waals surface area contributed by atoms with Crippen molar-refractivity contribution in [1.82, 2.24) is 4.90 Å². The fourth-order valence-electron chi connectivity index (χ4n) is 2.84. The molecule has 2 rings (SSSR count). The highest BCUT2D eigenvalue weighted by Crippen LogP contribution is 2.35. The molecule has 1 saturated carbocycles. The van der Waals surface area contributed by atoms with E-state index in [1.165, 1.54) is 24.8 Å². The number of likely N-dealkylation sites (N-methyl/N-ethyl adjacent to an activating group) is 1. The van der Waals surface area contributed by atoms with E-state index in [-0.39, 0.29) is 0 Å². The Morgan fingerprint density at radius 2 is 2.06 bits per heavy atom. The number of rotatable bonds is 5. The third-order valence-corrected chi connectivity index (χ3v) is 4.77. The maximum atomic E-state index is 6.28. The number of hydrogen-bond acceptors (Lipinski definition) is 2. The SMILES string of the molecule is CC(c1ccccc1Cl)N(C)C(CN)C1CCC1. The number of nitrogens with two attached hydrogens (primary N) is 1. The van der Waals surface area contributed by atoms with Gasteiger partial charge in [-0.15, -0.1) is 0 Å². The minimum absolute atomic E-state index is 0.313. The molecule has 18 heavy (non-hydrogen) atoms. The van der Waals surface area contributed by atoms with Gasteiger partial charge in [-0.3, -0.25) is 4.90 Å². The Hall–Kier alpha value is -0.570. The average molecular weight is 267 g/mol. The third kappa shape index (κ3) is 2.71. The molecule has 0 aliphatic heterocycles. The Balaban J connectivity index is 2.11. The summed E-state index contributed by atoms with van der Waals surface area (Å²) in [5.41, 5.74) is 7.16. The number of nitrogens with zero attached hydrogens (tertiary/aromatic N) is 1. The Kier molecular flexibility index (Phi) is 4.66. The zero-order valence-electron chi connectivity index (χ0n) is 11.3. The molecule has 1 aliphatic carbocycles. The molecule has 2 N–H and O–H groups in total. The molecule has 0 saturated heterocycles. The highest BCUT2D eigenvalue weighted by Gasteiger charge is 2.31. The van der Waals surface area contributed by atoms with E-state index in [0.717, 1.165) is 17.5 Å². The van der Waals surface area contributed by atoms with Gasteiger partial charge in [0.25, 0.3) is 0 Å². The van der Waals surface area contributed by atoms with Crippen LogP contribution >= 0.6 is 11.6 Å². The van der Waals surface area contributed by atoms with E-state index >= 15 is 0 Å². The Bertz CT molecular complexity index is 390. The van der Waals surface area contributed by atoms with Gasteiger partial charge in [0, 0.05) is 23.7 Å². The summed E-state index contributed by atoms with van der Waals surface area (Å²) in [7, 11) is 2.17. The quantitative estimate of drug-likeness (QED) is 0.884. The van der Waals surface area contributed by atoms with Crippen LogP contribution in [0.25, 0.3) is 0 Å². The van der Waals surface area contributed by atoms with E-state index in [4.69, 9.17) is 17.3 Å². The molecule has 0 aromatic heterocycles. The molecule has 0 heterocycles. The van der Waals surface area contributed by atoms with Gasteiger partial charge in [-0.2, -0.15) is 0 Å². The molecule has 100 valence electrons. The van der Waals surface area contributed by atoms with Crippen molar-refractivity contribution in [3.05, 3.63) is 34.9 Å². The van der Waals surface area contributed by atoms with Gasteiger partial charge in [0.15, 0.2) is 0 Å². The molecule has 1 aromatic rings. The van der Waals surface area contributed by atoms with Crippen molar-refractivity contribution >= 4 is 11.6 Å². The van der Waals surface area contributed by atoms with Crippen molar-refractivity contribution in [3.8, 4) is 0 Å². The minimum atomic E-state index is 0.313. The maximum Gasteiger partial charge on any atom is 0.0453 e. The molecule has 0 amide bonds. The fraction of sp³-hybridized carbons (Fsp3) is 0.600. The highest BCUT2D eigenvalue weighted by molar-refractivity contribution is 6.31. The lowest BCUT2D eigenvalue weighted by Crippen LogP contribution is -2.46. The smallest absolute Gasteiger partial charge is 0.0453 e. The molecule has 1 aromatic carbocycles. The second-order valence-electron chi connectivity index (χ2n) is 5.36. The normalized spacial score (nSPS) is 19.6. The van der Waals surface area contributed by atoms with Crippen LogP contribution in [0.5, 0.6) is 0 Å². The van der Waals surface area contributed by atoms with Gasteiger partial charge in [-0.1, -0.05) is 36.2 Å². The molecule has 0 bridgehead atoms. The summed E-state index contributed by atoms with van der Waals surface area (Å²) >= 11 is 6.28. The Labute approximate surface area is 115 Å². The van der Waals surface area contributed by atoms with Crippen LogP contribution in [0.4, 0.5) is 0 Å². The topological polar surface area (TPSA) is 29.3 Å². The van der Waals surface area contributed by atoms with Gasteiger partial charge in [0.05, 0.1) is 0 Å². The van der Waals surface area contributed by atoms with Gasteiger partial charge in [0.1, 0.15) is 0 Å². The molecule has 2 nitrogen and oxygen atoms in total. The molecular formula is C15H23ClN2. The lowest BCUT2D eigenvalue weighted by molar-refractivity contribution is 0.0932. The second-order valence-corrected chi connectivity index (χ2v) is 5.76. The van der Waals surface area contributed by atoms with Crippen LogP contribution in [0, 0.1) is 5.92 Å². The van der Waals surface area contributed by atoms with Gasteiger partial charge >= 0.3 is 0 Å². The third-order valence-electron chi connectivity index (χ3n) is 4.42. The van der Waals surface area contributed by atoms with Crippen LogP contribution in [0.3, 0.4) is 0 Å². The predicted octanol–water partition coefficient (Wildman–Crippen LogP) is 3.46. The molecule has 1 fully saturated rings. The summed E-state index contributed by atoms with van der Waals surface area (Å²) in [5.74, 6) is 0.768. The summed E-state index contributed by atoms with van der Waals surface area (Å²) in [6.07, 6.45) is 4.00. The van der Waals surface area contributed by atoms with E-state index in [1.807, 2.05) is 18.2 Å². The summed E-state index contributed by atoms with van der Waals surface area (Å²) < 4.78 is 0. The molecule has 0 spiro atoms. The monoisotopic (exact) mass is 266 g/mol. The molecule has 0 radical (unpaired) electrons. The summed E-state index contributed by atoms with van der Waals surface area (Å²) in [5, 5.41) is 0.848. The summed E-state index contributed by atoms with van der Waals surface area (Å²) in [6.45, 7) is 2.94. The van der Waals surface area contributed by atoms with Gasteiger partial charge in [0.2, 0.25) is 0 Å². The van der Waals surface area contributed by atoms with E-state index in [1.54, 1.807) is 0 Å². The summed E-state index contributed by atoms with van der Waals surface area (Å²) in [4.78, 5) is 2.39. The Morgan fingerprint density at radius 1 is 1.39 bits per heavy atom. The largest absolute Gasteiger partial charge is 0.329 e. The zero-order valence-corrected chi connectivity index (χ0v) is 12.0. The molecule has 2 atom stereocenters. The zero-order chi connectivity index (χ0) is 13.1. The predicted molar refractivity (Wildman–Crippen MR) is 77.8 cm³/mol. The standard InChI is InChI=1S/C15H23ClN2/c1-11(13-8-3-4-9-14(13)16)18(2)15(10-17)12-6-5-7-12/h3-4,8-9,11-12,15H,5-7,10,17H2,1-2H3. The van der Waals surface area contributed by atoms with Crippen LogP contribution < -0.4 is 5.73 Å².